The summed E-state index contributed by atoms with van der Waals surface area (Å²) in [6.45, 7) is 7.07. The Kier molecular flexibility index (Phi) is 5.31. The third kappa shape index (κ3) is 3.62. The zero-order chi connectivity index (χ0) is 22.6. The molecule has 2 bridgehead atoms. The van der Waals surface area contributed by atoms with Gasteiger partial charge in [0.05, 0.1) is 11.3 Å². The van der Waals surface area contributed by atoms with Crippen molar-refractivity contribution in [2.24, 2.45) is 5.92 Å². The average Bonchev–Trinajstić information content (AvgIpc) is 3.54. The standard InChI is InChI=1S/C27H37N3O3/c1-2-23-16-21(28-33-23)7-11-29-12-8-26-9-14-30(18-19-3-4-19)25(27(26,32)10-13-29)15-20-5-6-22(31)17-24(20)26/h5-6,16-17,19,25,31-32H,2-4,7-15,18H2,1H3. The van der Waals surface area contributed by atoms with E-state index in [1.165, 1.54) is 24.0 Å². The molecule has 6 heteroatoms. The second kappa shape index (κ2) is 8.10. The molecule has 3 unspecified atom stereocenters. The molecule has 3 heterocycles. The lowest BCUT2D eigenvalue weighted by atomic mass is 9.52. The predicted octanol–water partition coefficient (Wildman–Crippen LogP) is 3.29. The Morgan fingerprint density at radius 2 is 1.94 bits per heavy atom. The molecule has 2 aliphatic heterocycles. The molecule has 0 radical (unpaired) electrons. The zero-order valence-corrected chi connectivity index (χ0v) is 19.8. The smallest absolute Gasteiger partial charge is 0.136 e. The Morgan fingerprint density at radius 3 is 2.73 bits per heavy atom. The normalized spacial score (nSPS) is 32.2. The fourth-order valence-corrected chi connectivity index (χ4v) is 7.05. The first kappa shape index (κ1) is 21.6. The molecule has 1 aromatic carbocycles. The second-order valence-corrected chi connectivity index (χ2v) is 11.0. The maximum atomic E-state index is 12.5. The van der Waals surface area contributed by atoms with Gasteiger partial charge in [-0.3, -0.25) is 4.90 Å². The van der Waals surface area contributed by atoms with E-state index in [4.69, 9.17) is 4.52 Å². The Balaban J connectivity index is 1.29. The molecule has 0 amide bonds. The molecule has 2 aliphatic carbocycles. The Labute approximate surface area is 196 Å². The molecular weight excluding hydrogens is 414 g/mol. The number of aromatic nitrogens is 1. The topological polar surface area (TPSA) is 73.0 Å². The van der Waals surface area contributed by atoms with Gasteiger partial charge in [0.1, 0.15) is 11.5 Å². The fraction of sp³-hybridized carbons (Fsp3) is 0.667. The predicted molar refractivity (Wildman–Crippen MR) is 126 cm³/mol. The highest BCUT2D eigenvalue weighted by Crippen LogP contribution is 2.56. The van der Waals surface area contributed by atoms with Crippen molar-refractivity contribution in [2.45, 2.75) is 75.3 Å². The van der Waals surface area contributed by atoms with Crippen LogP contribution >= 0.6 is 0 Å². The van der Waals surface area contributed by atoms with Gasteiger partial charge in [-0.15, -0.1) is 0 Å². The van der Waals surface area contributed by atoms with Crippen LogP contribution < -0.4 is 0 Å². The number of benzene rings is 1. The molecule has 1 saturated carbocycles. The van der Waals surface area contributed by atoms with E-state index in [0.29, 0.717) is 5.75 Å². The molecule has 2 N–H and O–H groups in total. The minimum atomic E-state index is -0.751. The number of phenolic OH excluding ortho intramolecular Hbond substituents is 1. The molecule has 1 aromatic heterocycles. The Morgan fingerprint density at radius 1 is 1.12 bits per heavy atom. The van der Waals surface area contributed by atoms with E-state index in [2.05, 4.69) is 34.0 Å². The lowest BCUT2D eigenvalue weighted by Gasteiger charge is -2.61. The van der Waals surface area contributed by atoms with Crippen LogP contribution in [0.15, 0.2) is 28.8 Å². The molecule has 6 rings (SSSR count). The van der Waals surface area contributed by atoms with Gasteiger partial charge in [-0.2, -0.15) is 0 Å². The summed E-state index contributed by atoms with van der Waals surface area (Å²) in [6.07, 6.45) is 8.01. The van der Waals surface area contributed by atoms with Gasteiger partial charge in [-0.05, 0) is 80.8 Å². The van der Waals surface area contributed by atoms with Crippen molar-refractivity contribution in [2.75, 3.05) is 32.7 Å². The van der Waals surface area contributed by atoms with Gasteiger partial charge in [-0.1, -0.05) is 18.1 Å². The summed E-state index contributed by atoms with van der Waals surface area (Å²) in [5, 5.41) is 27.1. The van der Waals surface area contributed by atoms with E-state index in [0.717, 1.165) is 88.6 Å². The summed E-state index contributed by atoms with van der Waals surface area (Å²) < 4.78 is 5.39. The van der Waals surface area contributed by atoms with E-state index in [-0.39, 0.29) is 11.5 Å². The SMILES string of the molecule is CCc1cc(CCN2CCC34CCN(CC5CC5)C(Cc5ccc(O)cc53)C4(O)CC2)no1. The number of hydrogen-bond donors (Lipinski definition) is 2. The van der Waals surface area contributed by atoms with Crippen LogP contribution in [0.3, 0.4) is 0 Å². The van der Waals surface area contributed by atoms with Crippen LogP contribution in [0.25, 0.3) is 0 Å². The highest BCUT2D eigenvalue weighted by Gasteiger charge is 2.63. The third-order valence-corrected chi connectivity index (χ3v) is 9.16. The zero-order valence-electron chi connectivity index (χ0n) is 19.8. The van der Waals surface area contributed by atoms with Crippen LogP contribution in [0.1, 0.15) is 61.6 Å². The Hall–Kier alpha value is -1.89. The summed E-state index contributed by atoms with van der Waals surface area (Å²) in [5.41, 5.74) is 2.53. The van der Waals surface area contributed by atoms with Crippen molar-refractivity contribution in [3.63, 3.8) is 0 Å². The van der Waals surface area contributed by atoms with Crippen molar-refractivity contribution >= 4 is 0 Å². The monoisotopic (exact) mass is 451 g/mol. The number of hydrogen-bond acceptors (Lipinski definition) is 6. The average molecular weight is 452 g/mol. The first-order chi connectivity index (χ1) is 16.0. The molecule has 3 fully saturated rings. The fourth-order valence-electron chi connectivity index (χ4n) is 7.05. The van der Waals surface area contributed by atoms with Crippen molar-refractivity contribution in [1.29, 1.82) is 0 Å². The quantitative estimate of drug-likeness (QED) is 0.702. The third-order valence-electron chi connectivity index (χ3n) is 9.16. The molecule has 0 spiro atoms. The van der Waals surface area contributed by atoms with Crippen LogP contribution in [0.4, 0.5) is 0 Å². The number of aliphatic hydroxyl groups is 1. The number of phenols is 1. The molecule has 4 aliphatic rings. The number of aryl methyl sites for hydroxylation is 1. The molecule has 178 valence electrons. The van der Waals surface area contributed by atoms with E-state index < -0.39 is 5.60 Å². The van der Waals surface area contributed by atoms with Crippen LogP contribution in [0, 0.1) is 5.92 Å². The summed E-state index contributed by atoms with van der Waals surface area (Å²) >= 11 is 0. The van der Waals surface area contributed by atoms with Gasteiger partial charge in [-0.25, -0.2) is 0 Å². The lowest BCUT2D eigenvalue weighted by Crippen LogP contribution is -2.71. The highest BCUT2D eigenvalue weighted by atomic mass is 16.5. The van der Waals surface area contributed by atoms with Crippen LogP contribution in [-0.4, -0.2) is 69.5 Å². The minimum Gasteiger partial charge on any atom is -0.508 e. The first-order valence-corrected chi connectivity index (χ1v) is 13.0. The van der Waals surface area contributed by atoms with E-state index in [1.54, 1.807) is 0 Å². The van der Waals surface area contributed by atoms with Gasteiger partial charge in [0.25, 0.3) is 0 Å². The lowest BCUT2D eigenvalue weighted by molar-refractivity contribution is -0.149. The summed E-state index contributed by atoms with van der Waals surface area (Å²) in [7, 11) is 0. The van der Waals surface area contributed by atoms with Gasteiger partial charge in [0.2, 0.25) is 0 Å². The summed E-state index contributed by atoms with van der Waals surface area (Å²) in [6, 6.07) is 8.15. The summed E-state index contributed by atoms with van der Waals surface area (Å²) in [4.78, 5) is 5.12. The molecular formula is C27H37N3O3. The maximum absolute atomic E-state index is 12.5. The van der Waals surface area contributed by atoms with Gasteiger partial charge < -0.3 is 19.6 Å². The van der Waals surface area contributed by atoms with Crippen molar-refractivity contribution < 1.29 is 14.7 Å². The van der Waals surface area contributed by atoms with Gasteiger partial charge >= 0.3 is 0 Å². The van der Waals surface area contributed by atoms with Crippen LogP contribution in [-0.2, 0) is 24.7 Å². The van der Waals surface area contributed by atoms with Crippen LogP contribution in [0.2, 0.25) is 0 Å². The number of likely N-dealkylation sites (tertiary alicyclic amines) is 2. The molecule has 2 aromatic rings. The number of nitrogens with zero attached hydrogens (tertiary/aromatic N) is 3. The molecule has 2 saturated heterocycles. The van der Waals surface area contributed by atoms with Crippen molar-refractivity contribution in [3.05, 3.63) is 46.8 Å². The van der Waals surface area contributed by atoms with Crippen LogP contribution in [0.5, 0.6) is 5.75 Å². The number of piperidine rings is 1. The largest absolute Gasteiger partial charge is 0.508 e. The molecule has 3 atom stereocenters. The number of aromatic hydroxyl groups is 1. The maximum Gasteiger partial charge on any atom is 0.136 e. The van der Waals surface area contributed by atoms with E-state index >= 15 is 0 Å². The summed E-state index contributed by atoms with van der Waals surface area (Å²) in [5.74, 6) is 2.09. The molecule has 6 nitrogen and oxygen atoms in total. The first-order valence-electron chi connectivity index (χ1n) is 13.0. The van der Waals surface area contributed by atoms with Gasteiger partial charge in [0, 0.05) is 50.0 Å². The number of fused-ring (bicyclic) bond motifs is 1. The second-order valence-electron chi connectivity index (χ2n) is 11.0. The van der Waals surface area contributed by atoms with Gasteiger partial charge in [0.15, 0.2) is 0 Å². The van der Waals surface area contributed by atoms with E-state index in [9.17, 15) is 10.2 Å². The molecule has 33 heavy (non-hydrogen) atoms. The minimum absolute atomic E-state index is 0.173. The highest BCUT2D eigenvalue weighted by molar-refractivity contribution is 5.48. The Bertz CT molecular complexity index is 1020. The van der Waals surface area contributed by atoms with Crippen molar-refractivity contribution in [3.8, 4) is 5.75 Å². The van der Waals surface area contributed by atoms with E-state index in [1.807, 2.05) is 12.1 Å². The number of rotatable bonds is 6. The van der Waals surface area contributed by atoms with Crippen molar-refractivity contribution in [1.82, 2.24) is 15.0 Å².